The molecule has 3 atom stereocenters. The number of piperidine rings is 1. The number of likely N-dealkylation sites (tertiary alicyclic amines) is 1. The number of hydrogen-bond acceptors (Lipinski definition) is 2. The summed E-state index contributed by atoms with van der Waals surface area (Å²) >= 11 is 0. The van der Waals surface area contributed by atoms with Crippen LogP contribution in [0.5, 0.6) is 0 Å². The number of nitrogens with zero attached hydrogens (tertiary/aromatic N) is 1. The summed E-state index contributed by atoms with van der Waals surface area (Å²) in [5.41, 5.74) is 7.45. The van der Waals surface area contributed by atoms with Gasteiger partial charge < -0.3 is 5.73 Å². The van der Waals surface area contributed by atoms with Crippen LogP contribution in [-0.4, -0.2) is 24.0 Å². The van der Waals surface area contributed by atoms with Gasteiger partial charge in [-0.25, -0.2) is 0 Å². The van der Waals surface area contributed by atoms with Crippen LogP contribution in [-0.2, 0) is 0 Å². The lowest BCUT2D eigenvalue weighted by atomic mass is 9.88. The summed E-state index contributed by atoms with van der Waals surface area (Å²) in [5.74, 6) is 0.701. The van der Waals surface area contributed by atoms with Gasteiger partial charge >= 0.3 is 0 Å². The second-order valence-electron chi connectivity index (χ2n) is 6.44. The summed E-state index contributed by atoms with van der Waals surface area (Å²) in [6.45, 7) is 6.60. The summed E-state index contributed by atoms with van der Waals surface area (Å²) in [6.07, 6.45) is 2.60. The van der Waals surface area contributed by atoms with Crippen molar-refractivity contribution in [2.75, 3.05) is 13.1 Å². The number of nitrogens with two attached hydrogens (primary N) is 1. The number of benzene rings is 2. The first-order valence-electron chi connectivity index (χ1n) is 8.15. The van der Waals surface area contributed by atoms with Crippen molar-refractivity contribution < 1.29 is 0 Å². The van der Waals surface area contributed by atoms with E-state index in [0.717, 1.165) is 6.54 Å². The van der Waals surface area contributed by atoms with Gasteiger partial charge in [-0.15, -0.1) is 0 Å². The molecule has 112 valence electrons. The molecule has 0 radical (unpaired) electrons. The van der Waals surface area contributed by atoms with Gasteiger partial charge in [0.2, 0.25) is 0 Å². The van der Waals surface area contributed by atoms with E-state index < -0.39 is 0 Å². The maximum atomic E-state index is 6.05. The zero-order chi connectivity index (χ0) is 14.8. The van der Waals surface area contributed by atoms with Gasteiger partial charge in [-0.05, 0) is 54.6 Å². The van der Waals surface area contributed by atoms with Gasteiger partial charge in [-0.2, -0.15) is 0 Å². The van der Waals surface area contributed by atoms with Crippen LogP contribution < -0.4 is 5.73 Å². The molecule has 0 aliphatic carbocycles. The first-order valence-corrected chi connectivity index (χ1v) is 8.15. The van der Waals surface area contributed by atoms with E-state index >= 15 is 0 Å². The molecule has 2 aromatic carbocycles. The zero-order valence-corrected chi connectivity index (χ0v) is 13.1. The summed E-state index contributed by atoms with van der Waals surface area (Å²) in [5, 5.41) is 2.65. The first kappa shape index (κ1) is 14.6. The average Bonchev–Trinajstić information content (AvgIpc) is 2.53. The molecule has 0 saturated carbocycles. The molecule has 1 heterocycles. The predicted octanol–water partition coefficient (Wildman–Crippen LogP) is 3.96. The minimum Gasteiger partial charge on any atom is -0.329 e. The van der Waals surface area contributed by atoms with Crippen molar-refractivity contribution in [3.63, 3.8) is 0 Å². The van der Waals surface area contributed by atoms with Gasteiger partial charge in [-0.1, -0.05) is 43.3 Å². The molecule has 0 aromatic heterocycles. The normalized spacial score (nSPS) is 25.1. The van der Waals surface area contributed by atoms with Crippen LogP contribution in [0.1, 0.15) is 38.3 Å². The molecule has 1 fully saturated rings. The number of hydrogen-bond donors (Lipinski definition) is 1. The van der Waals surface area contributed by atoms with Crippen LogP contribution in [0.3, 0.4) is 0 Å². The van der Waals surface area contributed by atoms with Gasteiger partial charge in [0.1, 0.15) is 0 Å². The Morgan fingerprint density at radius 1 is 1.19 bits per heavy atom. The van der Waals surface area contributed by atoms with Crippen molar-refractivity contribution >= 4 is 10.8 Å². The topological polar surface area (TPSA) is 29.3 Å². The molecular formula is C19H26N2. The van der Waals surface area contributed by atoms with Crippen LogP contribution in [0, 0.1) is 5.92 Å². The lowest BCUT2D eigenvalue weighted by Crippen LogP contribution is -2.49. The van der Waals surface area contributed by atoms with Crippen LogP contribution in [0.4, 0.5) is 0 Å². The lowest BCUT2D eigenvalue weighted by Gasteiger charge is -2.43. The molecule has 2 N–H and O–H groups in total. The third kappa shape index (κ3) is 2.83. The highest BCUT2D eigenvalue weighted by Gasteiger charge is 2.30. The third-order valence-electron chi connectivity index (χ3n) is 5.15. The van der Waals surface area contributed by atoms with Crippen LogP contribution in [0.2, 0.25) is 0 Å². The highest BCUT2D eigenvalue weighted by Crippen LogP contribution is 2.32. The van der Waals surface area contributed by atoms with Crippen LogP contribution in [0.15, 0.2) is 42.5 Å². The molecule has 2 aromatic rings. The highest BCUT2D eigenvalue weighted by molar-refractivity contribution is 5.83. The predicted molar refractivity (Wildman–Crippen MR) is 90.3 cm³/mol. The average molecular weight is 282 g/mol. The second-order valence-corrected chi connectivity index (χ2v) is 6.44. The monoisotopic (exact) mass is 282 g/mol. The van der Waals surface area contributed by atoms with Gasteiger partial charge in [-0.3, -0.25) is 4.90 Å². The Morgan fingerprint density at radius 3 is 2.71 bits per heavy atom. The molecule has 1 aliphatic rings. The fourth-order valence-electron chi connectivity index (χ4n) is 3.79. The third-order valence-corrected chi connectivity index (χ3v) is 5.15. The largest absolute Gasteiger partial charge is 0.329 e. The van der Waals surface area contributed by atoms with Crippen molar-refractivity contribution in [1.29, 1.82) is 0 Å². The Balaban J connectivity index is 1.89. The Bertz CT molecular complexity index is 607. The van der Waals surface area contributed by atoms with E-state index in [1.165, 1.54) is 35.7 Å². The lowest BCUT2D eigenvalue weighted by molar-refractivity contribution is 0.0690. The molecular weight excluding hydrogens is 256 g/mol. The van der Waals surface area contributed by atoms with Crippen molar-refractivity contribution in [2.45, 2.75) is 38.8 Å². The van der Waals surface area contributed by atoms with E-state index in [1.807, 2.05) is 0 Å². The summed E-state index contributed by atoms with van der Waals surface area (Å²) < 4.78 is 0. The van der Waals surface area contributed by atoms with E-state index in [1.54, 1.807) is 0 Å². The summed E-state index contributed by atoms with van der Waals surface area (Å²) in [7, 11) is 0. The fraction of sp³-hybridized carbons (Fsp3) is 0.474. The van der Waals surface area contributed by atoms with Gasteiger partial charge in [0.25, 0.3) is 0 Å². The maximum Gasteiger partial charge on any atom is 0.0323 e. The van der Waals surface area contributed by atoms with E-state index in [9.17, 15) is 0 Å². The Kier molecular flexibility index (Phi) is 4.27. The maximum absolute atomic E-state index is 6.05. The zero-order valence-electron chi connectivity index (χ0n) is 13.1. The SMILES string of the molecule is CC1CCCN(C(C)c2ccc3ccccc3c2)C1CN. The first-order chi connectivity index (χ1) is 10.2. The smallest absolute Gasteiger partial charge is 0.0323 e. The van der Waals surface area contributed by atoms with E-state index in [-0.39, 0.29) is 0 Å². The molecule has 2 heteroatoms. The van der Waals surface area contributed by atoms with Crippen molar-refractivity contribution in [2.24, 2.45) is 11.7 Å². The van der Waals surface area contributed by atoms with Gasteiger partial charge in [0, 0.05) is 18.6 Å². The Morgan fingerprint density at radius 2 is 1.95 bits per heavy atom. The van der Waals surface area contributed by atoms with E-state index in [0.29, 0.717) is 18.0 Å². The molecule has 1 aliphatic heterocycles. The summed E-state index contributed by atoms with van der Waals surface area (Å²) in [4.78, 5) is 2.61. The quantitative estimate of drug-likeness (QED) is 0.923. The molecule has 3 rings (SSSR count). The molecule has 0 spiro atoms. The number of rotatable bonds is 3. The Labute approximate surface area is 127 Å². The minimum atomic E-state index is 0.436. The number of fused-ring (bicyclic) bond motifs is 1. The molecule has 3 unspecified atom stereocenters. The van der Waals surface area contributed by atoms with Crippen molar-refractivity contribution in [3.05, 3.63) is 48.0 Å². The second kappa shape index (κ2) is 6.17. The minimum absolute atomic E-state index is 0.436. The molecule has 0 amide bonds. The van der Waals surface area contributed by atoms with Crippen LogP contribution in [0.25, 0.3) is 10.8 Å². The van der Waals surface area contributed by atoms with Gasteiger partial charge in [0.15, 0.2) is 0 Å². The fourth-order valence-corrected chi connectivity index (χ4v) is 3.79. The van der Waals surface area contributed by atoms with Gasteiger partial charge in [0.05, 0.1) is 0 Å². The van der Waals surface area contributed by atoms with E-state index in [4.69, 9.17) is 5.73 Å². The molecule has 0 bridgehead atoms. The van der Waals surface area contributed by atoms with E-state index in [2.05, 4.69) is 61.2 Å². The summed E-state index contributed by atoms with van der Waals surface area (Å²) in [6, 6.07) is 16.4. The van der Waals surface area contributed by atoms with Crippen LogP contribution >= 0.6 is 0 Å². The molecule has 1 saturated heterocycles. The standard InChI is InChI=1S/C19H26N2/c1-14-6-5-11-21(19(14)13-20)15(2)17-10-9-16-7-3-4-8-18(16)12-17/h3-4,7-10,12,14-15,19H,5-6,11,13,20H2,1-2H3. The van der Waals surface area contributed by atoms with Crippen molar-refractivity contribution in [3.8, 4) is 0 Å². The molecule has 2 nitrogen and oxygen atoms in total. The van der Waals surface area contributed by atoms with Crippen molar-refractivity contribution in [1.82, 2.24) is 4.90 Å². The highest BCUT2D eigenvalue weighted by atomic mass is 15.2. The Hall–Kier alpha value is -1.38. The molecule has 21 heavy (non-hydrogen) atoms.